The average molecular weight is 372 g/mol. The molecule has 0 saturated heterocycles. The lowest BCUT2D eigenvalue weighted by Crippen LogP contribution is -2.84. The van der Waals surface area contributed by atoms with Gasteiger partial charge in [-0.1, -0.05) is 24.3 Å². The van der Waals surface area contributed by atoms with Gasteiger partial charge in [0.25, 0.3) is 5.91 Å². The lowest BCUT2D eigenvalue weighted by Gasteiger charge is -2.05. The van der Waals surface area contributed by atoms with Crippen LogP contribution in [0.3, 0.4) is 0 Å². The van der Waals surface area contributed by atoms with E-state index >= 15 is 0 Å². The molecule has 0 spiro atoms. The highest BCUT2D eigenvalue weighted by Crippen LogP contribution is 2.23. The lowest BCUT2D eigenvalue weighted by atomic mass is 10.1. The third-order valence-corrected chi connectivity index (χ3v) is 4.05. The average Bonchev–Trinajstić information content (AvgIpc) is 3.30. The molecule has 0 radical (unpaired) electrons. The predicted octanol–water partition coefficient (Wildman–Crippen LogP) is 0.459. The Bertz CT molecular complexity index is 885. The molecule has 0 aliphatic heterocycles. The number of quaternary nitrogens is 1. The van der Waals surface area contributed by atoms with E-state index in [1.54, 1.807) is 6.92 Å². The summed E-state index contributed by atoms with van der Waals surface area (Å²) < 4.78 is 10.2. The van der Waals surface area contributed by atoms with E-state index in [1.807, 2.05) is 41.7 Å². The Morgan fingerprint density at radius 1 is 1.26 bits per heavy atom. The first kappa shape index (κ1) is 18.6. The zero-order valence-electron chi connectivity index (χ0n) is 14.9. The van der Waals surface area contributed by atoms with Crippen LogP contribution in [0.25, 0.3) is 11.3 Å². The van der Waals surface area contributed by atoms with E-state index in [0.717, 1.165) is 22.6 Å². The number of carbonyl (C=O) groups is 1. The van der Waals surface area contributed by atoms with Crippen molar-refractivity contribution in [1.29, 1.82) is 0 Å². The number of nitrogen functional groups attached to an aromatic ring is 1. The second-order valence-corrected chi connectivity index (χ2v) is 6.10. The molecule has 3 rings (SSSR count). The van der Waals surface area contributed by atoms with Crippen molar-refractivity contribution in [2.45, 2.75) is 19.6 Å². The molecule has 142 valence electrons. The number of nitrogens with two attached hydrogens (primary N) is 2. The second-order valence-electron chi connectivity index (χ2n) is 6.10. The van der Waals surface area contributed by atoms with Crippen LogP contribution in [0.2, 0.25) is 0 Å². The maximum atomic E-state index is 11.8. The molecule has 1 atom stereocenters. The molecule has 2 aromatic heterocycles. The molecule has 9 heteroatoms. The van der Waals surface area contributed by atoms with Crippen molar-refractivity contribution in [3.8, 4) is 11.3 Å². The minimum absolute atomic E-state index is 0.00714. The Balaban J connectivity index is 1.43. The fraction of sp³-hybridized carbons (Fsp3) is 0.278. The monoisotopic (exact) mass is 372 g/mol. The summed E-state index contributed by atoms with van der Waals surface area (Å²) >= 11 is 0. The van der Waals surface area contributed by atoms with E-state index in [2.05, 4.69) is 20.3 Å². The number of nitrogens with one attached hydrogen (secondary N) is 1. The van der Waals surface area contributed by atoms with Gasteiger partial charge in [-0.05, 0) is 34.9 Å². The van der Waals surface area contributed by atoms with Crippen LogP contribution < -0.4 is 16.4 Å². The van der Waals surface area contributed by atoms with Crippen molar-refractivity contribution < 1.29 is 24.3 Å². The van der Waals surface area contributed by atoms with Crippen molar-refractivity contribution >= 4 is 11.7 Å². The summed E-state index contributed by atoms with van der Waals surface area (Å²) in [5, 5.41) is 21.1. The third kappa shape index (κ3) is 4.72. The lowest BCUT2D eigenvalue weighted by molar-refractivity contribution is -0.670. The van der Waals surface area contributed by atoms with Crippen LogP contribution in [0.15, 0.2) is 45.4 Å². The summed E-state index contributed by atoms with van der Waals surface area (Å²) in [7, 11) is 0. The zero-order chi connectivity index (χ0) is 19.2. The largest absolute Gasteiger partial charge is 0.455 e. The van der Waals surface area contributed by atoms with Crippen LogP contribution in [0.4, 0.5) is 5.82 Å². The SMILES string of the molecule is C[C@H](O)c1ccc(-c2ccc(C[NH2+]CCNC(=O)c3nonc3N)o2)cc1. The van der Waals surface area contributed by atoms with Gasteiger partial charge in [0, 0.05) is 5.56 Å². The highest BCUT2D eigenvalue weighted by molar-refractivity contribution is 5.95. The molecule has 3 aromatic rings. The summed E-state index contributed by atoms with van der Waals surface area (Å²) in [4.78, 5) is 11.8. The molecule has 0 aliphatic rings. The first-order valence-corrected chi connectivity index (χ1v) is 8.59. The van der Waals surface area contributed by atoms with E-state index in [9.17, 15) is 9.90 Å². The Labute approximate surface area is 155 Å². The van der Waals surface area contributed by atoms with E-state index in [0.29, 0.717) is 19.6 Å². The number of aliphatic hydroxyl groups excluding tert-OH is 1. The van der Waals surface area contributed by atoms with E-state index in [-0.39, 0.29) is 11.5 Å². The van der Waals surface area contributed by atoms with E-state index in [1.165, 1.54) is 0 Å². The summed E-state index contributed by atoms with van der Waals surface area (Å²) in [6.07, 6.45) is -0.488. The van der Waals surface area contributed by atoms with Crippen molar-refractivity contribution in [2.75, 3.05) is 18.8 Å². The number of carbonyl (C=O) groups excluding carboxylic acids is 1. The Kier molecular flexibility index (Phi) is 5.84. The minimum atomic E-state index is -0.488. The molecule has 0 unspecified atom stereocenters. The van der Waals surface area contributed by atoms with Gasteiger partial charge >= 0.3 is 0 Å². The molecule has 1 amide bonds. The van der Waals surface area contributed by atoms with Gasteiger partial charge in [0.2, 0.25) is 11.5 Å². The number of hydrogen-bond donors (Lipinski definition) is 4. The fourth-order valence-corrected chi connectivity index (χ4v) is 2.54. The standard InChI is InChI=1S/C18H21N5O4/c1-11(24)12-2-4-13(5-3-12)15-7-6-14(26-15)10-20-8-9-21-18(25)16-17(19)23-27-22-16/h2-7,11,20,24H,8-10H2,1H3,(H2,19,23)(H,21,25)/p+1/t11-/m0/s1. The normalized spacial score (nSPS) is 12.1. The van der Waals surface area contributed by atoms with Gasteiger partial charge < -0.3 is 25.9 Å². The highest BCUT2D eigenvalue weighted by atomic mass is 16.6. The van der Waals surface area contributed by atoms with Crippen molar-refractivity contribution in [3.63, 3.8) is 0 Å². The number of aromatic nitrogens is 2. The van der Waals surface area contributed by atoms with Crippen molar-refractivity contribution in [2.24, 2.45) is 0 Å². The molecule has 27 heavy (non-hydrogen) atoms. The Hall–Kier alpha value is -3.17. The summed E-state index contributed by atoms with van der Waals surface area (Å²) in [5.41, 5.74) is 7.27. The van der Waals surface area contributed by atoms with E-state index in [4.69, 9.17) is 10.2 Å². The van der Waals surface area contributed by atoms with Crippen LogP contribution in [-0.4, -0.2) is 34.4 Å². The maximum absolute atomic E-state index is 11.8. The minimum Gasteiger partial charge on any atom is -0.455 e. The van der Waals surface area contributed by atoms with Crippen LogP contribution in [-0.2, 0) is 6.54 Å². The van der Waals surface area contributed by atoms with Crippen molar-refractivity contribution in [3.05, 3.63) is 53.4 Å². The smallest absolute Gasteiger partial charge is 0.277 e. The van der Waals surface area contributed by atoms with Crippen molar-refractivity contribution in [1.82, 2.24) is 15.6 Å². The quantitative estimate of drug-likeness (QED) is 0.420. The van der Waals surface area contributed by atoms with Gasteiger partial charge in [0.05, 0.1) is 19.2 Å². The number of furan rings is 1. The van der Waals surface area contributed by atoms with Crippen LogP contribution in [0.5, 0.6) is 0 Å². The number of anilines is 1. The maximum Gasteiger partial charge on any atom is 0.277 e. The molecule has 2 heterocycles. The van der Waals surface area contributed by atoms with Crippen LogP contribution in [0, 0.1) is 0 Å². The first-order valence-electron chi connectivity index (χ1n) is 8.59. The number of nitrogens with zero attached hydrogens (tertiary/aromatic N) is 2. The van der Waals surface area contributed by atoms with Gasteiger partial charge in [0.1, 0.15) is 12.3 Å². The molecular weight excluding hydrogens is 350 g/mol. The highest BCUT2D eigenvalue weighted by Gasteiger charge is 2.15. The first-order chi connectivity index (χ1) is 13.0. The number of aliphatic hydroxyl groups is 1. The molecule has 0 aliphatic carbocycles. The van der Waals surface area contributed by atoms with Crippen LogP contribution >= 0.6 is 0 Å². The fourth-order valence-electron chi connectivity index (χ4n) is 2.54. The zero-order valence-corrected chi connectivity index (χ0v) is 14.9. The topological polar surface area (TPSA) is 144 Å². The molecule has 0 saturated carbocycles. The molecule has 0 bridgehead atoms. The van der Waals surface area contributed by atoms with Gasteiger partial charge in [-0.3, -0.25) is 4.79 Å². The Morgan fingerprint density at radius 2 is 2.04 bits per heavy atom. The second kappa shape index (κ2) is 8.47. The molecule has 6 N–H and O–H groups in total. The van der Waals surface area contributed by atoms with Gasteiger partial charge in [-0.25, -0.2) is 4.63 Å². The van der Waals surface area contributed by atoms with E-state index < -0.39 is 12.0 Å². The van der Waals surface area contributed by atoms with Gasteiger partial charge in [0.15, 0.2) is 5.76 Å². The summed E-state index contributed by atoms with van der Waals surface area (Å²) in [5.74, 6) is 1.17. The summed E-state index contributed by atoms with van der Waals surface area (Å²) in [6, 6.07) is 11.5. The van der Waals surface area contributed by atoms with Gasteiger partial charge in [-0.2, -0.15) is 0 Å². The molecular formula is C18H22N5O4+. The number of amides is 1. The predicted molar refractivity (Wildman–Crippen MR) is 96.3 cm³/mol. The van der Waals surface area contributed by atoms with Gasteiger partial charge in [-0.15, -0.1) is 0 Å². The van der Waals surface area contributed by atoms with Crippen LogP contribution in [0.1, 0.15) is 34.8 Å². The summed E-state index contributed by atoms with van der Waals surface area (Å²) in [6.45, 7) is 3.49. The number of hydrogen-bond acceptors (Lipinski definition) is 7. The molecule has 9 nitrogen and oxygen atoms in total. The Morgan fingerprint density at radius 3 is 2.70 bits per heavy atom. The number of rotatable bonds is 8. The molecule has 1 aromatic carbocycles. The molecule has 0 fully saturated rings. The third-order valence-electron chi connectivity index (χ3n) is 4.05. The number of benzene rings is 1.